The summed E-state index contributed by atoms with van der Waals surface area (Å²) in [6.45, 7) is 4.55. The fraction of sp³-hybridized carbons (Fsp3) is 0.550. The second-order valence-electron chi connectivity index (χ2n) is 7.24. The van der Waals surface area contributed by atoms with E-state index in [1.165, 1.54) is 12.8 Å². The van der Waals surface area contributed by atoms with Crippen LogP contribution in [0.1, 0.15) is 37.9 Å². The molecule has 3 aliphatic rings. The molecule has 1 aromatic heterocycles. The van der Waals surface area contributed by atoms with E-state index in [9.17, 15) is 5.11 Å². The lowest BCUT2D eigenvalue weighted by atomic mass is 9.72. The normalized spacial score (nSPS) is 30.5. The molecule has 3 fully saturated rings. The summed E-state index contributed by atoms with van der Waals surface area (Å²) >= 11 is 0. The lowest BCUT2D eigenvalue weighted by Gasteiger charge is -2.51. The van der Waals surface area contributed by atoms with E-state index in [-0.39, 0.29) is 6.04 Å². The average molecular weight is 326 g/mol. The lowest BCUT2D eigenvalue weighted by molar-refractivity contribution is -0.0562. The van der Waals surface area contributed by atoms with Crippen LogP contribution in [0.25, 0.3) is 10.9 Å². The minimum Gasteiger partial charge on any atom is -0.497 e. The first kappa shape index (κ1) is 15.9. The highest BCUT2D eigenvalue weighted by Crippen LogP contribution is 2.42. The Morgan fingerprint density at radius 2 is 2.25 bits per heavy atom. The molecule has 0 amide bonds. The number of piperidine rings is 3. The molecule has 128 valence electrons. The van der Waals surface area contributed by atoms with Gasteiger partial charge in [0, 0.05) is 24.2 Å². The van der Waals surface area contributed by atoms with Gasteiger partial charge in [-0.15, -0.1) is 0 Å². The Bertz CT molecular complexity index is 733. The van der Waals surface area contributed by atoms with Crippen LogP contribution in [0.3, 0.4) is 0 Å². The van der Waals surface area contributed by atoms with E-state index in [1.54, 1.807) is 13.3 Å². The summed E-state index contributed by atoms with van der Waals surface area (Å²) in [6.07, 6.45) is 4.97. The van der Waals surface area contributed by atoms with E-state index in [1.807, 2.05) is 24.3 Å². The van der Waals surface area contributed by atoms with Crippen LogP contribution in [0.2, 0.25) is 0 Å². The number of fused-ring (bicyclic) bond motifs is 4. The number of benzene rings is 1. The average Bonchev–Trinajstić information content (AvgIpc) is 2.66. The van der Waals surface area contributed by atoms with Crippen molar-refractivity contribution in [2.45, 2.75) is 38.3 Å². The van der Waals surface area contributed by atoms with Crippen LogP contribution in [0.5, 0.6) is 5.75 Å². The number of aliphatic hydroxyl groups excluding tert-OH is 1. The third-order valence-corrected chi connectivity index (χ3v) is 6.13. The summed E-state index contributed by atoms with van der Waals surface area (Å²) in [5.41, 5.74) is 1.89. The van der Waals surface area contributed by atoms with Crippen LogP contribution < -0.4 is 4.74 Å². The van der Waals surface area contributed by atoms with Gasteiger partial charge in [-0.1, -0.05) is 13.3 Å². The van der Waals surface area contributed by atoms with Gasteiger partial charge >= 0.3 is 0 Å². The maximum absolute atomic E-state index is 11.2. The predicted molar refractivity (Wildman–Crippen MR) is 95.1 cm³/mol. The monoisotopic (exact) mass is 326 g/mol. The molecule has 0 spiro atoms. The Balaban J connectivity index is 1.68. The second kappa shape index (κ2) is 6.34. The van der Waals surface area contributed by atoms with Gasteiger partial charge in [-0.3, -0.25) is 9.88 Å². The minimum absolute atomic E-state index is 0.225. The number of hydrogen-bond donors (Lipinski definition) is 1. The molecular formula is C20H26N2O2. The molecule has 0 radical (unpaired) electrons. The highest BCUT2D eigenvalue weighted by atomic mass is 16.5. The molecule has 3 unspecified atom stereocenters. The molecule has 3 saturated heterocycles. The van der Waals surface area contributed by atoms with E-state index in [0.29, 0.717) is 0 Å². The number of rotatable bonds is 4. The van der Waals surface area contributed by atoms with Crippen molar-refractivity contribution in [2.24, 2.45) is 11.8 Å². The van der Waals surface area contributed by atoms with Gasteiger partial charge in [0.1, 0.15) is 5.75 Å². The Kier molecular flexibility index (Phi) is 4.19. The fourth-order valence-corrected chi connectivity index (χ4v) is 4.71. The van der Waals surface area contributed by atoms with Crippen molar-refractivity contribution in [3.63, 3.8) is 0 Å². The van der Waals surface area contributed by atoms with E-state index < -0.39 is 6.10 Å². The van der Waals surface area contributed by atoms with Gasteiger partial charge in [0.2, 0.25) is 0 Å². The third-order valence-electron chi connectivity index (χ3n) is 6.13. The Hall–Kier alpha value is -1.65. The van der Waals surface area contributed by atoms with Crippen molar-refractivity contribution in [1.29, 1.82) is 0 Å². The number of methoxy groups -OCH3 is 1. The first-order chi connectivity index (χ1) is 11.7. The number of hydrogen-bond acceptors (Lipinski definition) is 4. The zero-order valence-corrected chi connectivity index (χ0v) is 14.5. The second-order valence-corrected chi connectivity index (χ2v) is 7.24. The first-order valence-corrected chi connectivity index (χ1v) is 9.06. The van der Waals surface area contributed by atoms with Crippen LogP contribution in [0, 0.1) is 11.8 Å². The maximum Gasteiger partial charge on any atom is 0.119 e. The van der Waals surface area contributed by atoms with Crippen LogP contribution in [-0.2, 0) is 0 Å². The summed E-state index contributed by atoms with van der Waals surface area (Å²) in [4.78, 5) is 6.94. The molecule has 5 atom stereocenters. The molecule has 1 N–H and O–H groups in total. The summed E-state index contributed by atoms with van der Waals surface area (Å²) < 4.78 is 5.36. The summed E-state index contributed by atoms with van der Waals surface area (Å²) in [6, 6.07) is 8.07. The topological polar surface area (TPSA) is 45.6 Å². The molecule has 0 saturated carbocycles. The van der Waals surface area contributed by atoms with E-state index in [2.05, 4.69) is 16.8 Å². The standard InChI is InChI=1S/C20H26N2O2/c1-3-13-12-22-9-7-14(13)10-19(22)20(23)16-6-8-21-18-5-4-15(24-2)11-17(16)18/h4-6,8,11,13-14,19-20,23H,3,7,9-10,12H2,1-2H3/t13?,14?,19-,20-/m0/s1. The molecule has 4 heterocycles. The Morgan fingerprint density at radius 3 is 2.96 bits per heavy atom. The lowest BCUT2D eigenvalue weighted by Crippen LogP contribution is -2.55. The zero-order chi connectivity index (χ0) is 16.7. The minimum atomic E-state index is -0.469. The first-order valence-electron chi connectivity index (χ1n) is 9.06. The van der Waals surface area contributed by atoms with Crippen LogP contribution in [-0.4, -0.2) is 41.2 Å². The smallest absolute Gasteiger partial charge is 0.119 e. The van der Waals surface area contributed by atoms with Crippen LogP contribution in [0.4, 0.5) is 0 Å². The predicted octanol–water partition coefficient (Wildman–Crippen LogP) is 3.40. The van der Waals surface area contributed by atoms with Gasteiger partial charge in [0.15, 0.2) is 0 Å². The molecule has 2 bridgehead atoms. The SMILES string of the molecule is CCC1CN2CCC1C[C@H]2[C@@H](O)c1ccnc2ccc(OC)cc12. The highest BCUT2D eigenvalue weighted by molar-refractivity contribution is 5.83. The number of aliphatic hydroxyl groups is 1. The fourth-order valence-electron chi connectivity index (χ4n) is 4.71. The van der Waals surface area contributed by atoms with Crippen molar-refractivity contribution in [2.75, 3.05) is 20.2 Å². The quantitative estimate of drug-likeness (QED) is 0.935. The van der Waals surface area contributed by atoms with Crippen molar-refractivity contribution < 1.29 is 9.84 Å². The Labute approximate surface area is 143 Å². The van der Waals surface area contributed by atoms with Gasteiger partial charge in [-0.25, -0.2) is 0 Å². The van der Waals surface area contributed by atoms with E-state index in [0.717, 1.165) is 53.6 Å². The van der Waals surface area contributed by atoms with Crippen molar-refractivity contribution in [3.8, 4) is 5.75 Å². The maximum atomic E-state index is 11.2. The van der Waals surface area contributed by atoms with Crippen molar-refractivity contribution >= 4 is 10.9 Å². The van der Waals surface area contributed by atoms with Crippen molar-refractivity contribution in [1.82, 2.24) is 9.88 Å². The summed E-state index contributed by atoms with van der Waals surface area (Å²) in [5, 5.41) is 12.2. The van der Waals surface area contributed by atoms with Crippen molar-refractivity contribution in [3.05, 3.63) is 36.0 Å². The van der Waals surface area contributed by atoms with Crippen LogP contribution >= 0.6 is 0 Å². The molecule has 1 aromatic carbocycles. The zero-order valence-electron chi connectivity index (χ0n) is 14.5. The molecule has 2 aromatic rings. The molecule has 5 rings (SSSR count). The molecular weight excluding hydrogens is 300 g/mol. The highest BCUT2D eigenvalue weighted by Gasteiger charge is 2.42. The number of aromatic nitrogens is 1. The summed E-state index contributed by atoms with van der Waals surface area (Å²) in [5.74, 6) is 2.37. The van der Waals surface area contributed by atoms with Gasteiger partial charge in [-0.05, 0) is 61.1 Å². The molecule has 24 heavy (non-hydrogen) atoms. The number of pyridine rings is 1. The molecule has 4 nitrogen and oxygen atoms in total. The van der Waals surface area contributed by atoms with Gasteiger partial charge in [-0.2, -0.15) is 0 Å². The Morgan fingerprint density at radius 1 is 1.38 bits per heavy atom. The van der Waals surface area contributed by atoms with Crippen LogP contribution in [0.15, 0.2) is 30.5 Å². The van der Waals surface area contributed by atoms with Gasteiger partial charge in [0.25, 0.3) is 0 Å². The largest absolute Gasteiger partial charge is 0.497 e. The van der Waals surface area contributed by atoms with E-state index >= 15 is 0 Å². The van der Waals surface area contributed by atoms with Gasteiger partial charge in [0.05, 0.1) is 18.7 Å². The summed E-state index contributed by atoms with van der Waals surface area (Å²) in [7, 11) is 1.67. The molecule has 0 aliphatic carbocycles. The van der Waals surface area contributed by atoms with Gasteiger partial charge < -0.3 is 9.84 Å². The number of nitrogens with zero attached hydrogens (tertiary/aromatic N) is 2. The molecule has 3 aliphatic heterocycles. The number of ether oxygens (including phenoxy) is 1. The van der Waals surface area contributed by atoms with E-state index in [4.69, 9.17) is 4.74 Å². The third kappa shape index (κ3) is 2.58. The molecule has 4 heteroatoms.